The zero-order chi connectivity index (χ0) is 13.3. The van der Waals surface area contributed by atoms with Crippen molar-refractivity contribution in [1.82, 2.24) is 5.32 Å². The first-order chi connectivity index (χ1) is 8.52. The zero-order valence-corrected chi connectivity index (χ0v) is 14.5. The molecule has 0 saturated heterocycles. The highest BCUT2D eigenvalue weighted by atomic mass is 79.9. The molecule has 0 saturated carbocycles. The van der Waals surface area contributed by atoms with E-state index < -0.39 is 0 Å². The van der Waals surface area contributed by atoms with E-state index in [1.54, 1.807) is 0 Å². The fourth-order valence-corrected chi connectivity index (χ4v) is 4.55. The molecule has 18 heavy (non-hydrogen) atoms. The normalized spacial score (nSPS) is 12.7. The molecule has 0 aliphatic heterocycles. The van der Waals surface area contributed by atoms with Crippen LogP contribution in [0.5, 0.6) is 0 Å². The minimum atomic E-state index is 0.242. The second-order valence-electron chi connectivity index (χ2n) is 4.29. The molecule has 0 bridgehead atoms. The van der Waals surface area contributed by atoms with E-state index in [4.69, 9.17) is 0 Å². The zero-order valence-electron chi connectivity index (χ0n) is 10.6. The maximum absolute atomic E-state index is 3.65. The molecule has 0 radical (unpaired) electrons. The van der Waals surface area contributed by atoms with Crippen LogP contribution in [0.25, 0.3) is 0 Å². The number of aryl methyl sites for hydroxylation is 2. The summed E-state index contributed by atoms with van der Waals surface area (Å²) in [5.41, 5.74) is 2.62. The van der Waals surface area contributed by atoms with Crippen molar-refractivity contribution < 1.29 is 0 Å². The van der Waals surface area contributed by atoms with E-state index in [1.165, 1.54) is 20.9 Å². The van der Waals surface area contributed by atoms with Crippen LogP contribution in [0.15, 0.2) is 33.2 Å². The molecule has 1 N–H and O–H groups in total. The van der Waals surface area contributed by atoms with Crippen molar-refractivity contribution in [1.29, 1.82) is 0 Å². The van der Waals surface area contributed by atoms with E-state index in [2.05, 4.69) is 75.3 Å². The Morgan fingerprint density at radius 1 is 1.17 bits per heavy atom. The molecular weight excluding hydrogens is 374 g/mol. The molecule has 1 aromatic heterocycles. The molecule has 0 fully saturated rings. The highest BCUT2D eigenvalue weighted by Gasteiger charge is 2.19. The molecule has 2 aromatic rings. The largest absolute Gasteiger partial charge is 0.309 e. The Kier molecular flexibility index (Phi) is 4.64. The number of rotatable bonds is 3. The second-order valence-corrected chi connectivity index (χ2v) is 7.35. The van der Waals surface area contributed by atoms with Gasteiger partial charge in [0, 0.05) is 18.7 Å². The predicted molar refractivity (Wildman–Crippen MR) is 86.5 cm³/mol. The van der Waals surface area contributed by atoms with Gasteiger partial charge >= 0.3 is 0 Å². The maximum atomic E-state index is 3.65. The van der Waals surface area contributed by atoms with Crippen LogP contribution >= 0.6 is 43.2 Å². The van der Waals surface area contributed by atoms with Crippen molar-refractivity contribution in [3.8, 4) is 0 Å². The Morgan fingerprint density at radius 3 is 2.39 bits per heavy atom. The molecule has 0 aliphatic rings. The summed E-state index contributed by atoms with van der Waals surface area (Å²) in [7, 11) is 2.01. The Bertz CT molecular complexity index is 563. The van der Waals surface area contributed by atoms with Gasteiger partial charge < -0.3 is 5.32 Å². The van der Waals surface area contributed by atoms with Gasteiger partial charge in [0.1, 0.15) is 0 Å². The molecule has 1 nitrogen and oxygen atoms in total. The van der Waals surface area contributed by atoms with Gasteiger partial charge in [-0.15, -0.1) is 11.3 Å². The SMILES string of the molecule is CNC(c1ccc(Br)cc1Br)c1sc(C)cc1C. The molecule has 0 spiro atoms. The third-order valence-corrected chi connectivity index (χ3v) is 5.30. The van der Waals surface area contributed by atoms with Gasteiger partial charge in [-0.3, -0.25) is 0 Å². The first kappa shape index (κ1) is 14.3. The molecular formula is C14H15Br2NS. The second kappa shape index (κ2) is 5.87. The van der Waals surface area contributed by atoms with Gasteiger partial charge in [0.05, 0.1) is 6.04 Å². The van der Waals surface area contributed by atoms with Crippen LogP contribution in [-0.4, -0.2) is 7.05 Å². The van der Waals surface area contributed by atoms with Crippen LogP contribution in [0.1, 0.15) is 26.9 Å². The first-order valence-electron chi connectivity index (χ1n) is 5.72. The Hall–Kier alpha value is -0.160. The summed E-state index contributed by atoms with van der Waals surface area (Å²) in [4.78, 5) is 2.74. The lowest BCUT2D eigenvalue weighted by molar-refractivity contribution is 0.697. The van der Waals surface area contributed by atoms with Crippen LogP contribution in [0.2, 0.25) is 0 Å². The minimum Gasteiger partial charge on any atom is -0.309 e. The summed E-state index contributed by atoms with van der Waals surface area (Å²) in [6, 6.07) is 8.82. The van der Waals surface area contributed by atoms with Gasteiger partial charge in [0.2, 0.25) is 0 Å². The number of hydrogen-bond donors (Lipinski definition) is 1. The van der Waals surface area contributed by atoms with Crippen molar-refractivity contribution in [2.45, 2.75) is 19.9 Å². The van der Waals surface area contributed by atoms with Crippen molar-refractivity contribution in [3.05, 3.63) is 54.1 Å². The maximum Gasteiger partial charge on any atom is 0.0682 e. The fraction of sp³-hybridized carbons (Fsp3) is 0.286. The fourth-order valence-electron chi connectivity index (χ4n) is 2.11. The Balaban J connectivity index is 2.48. The average molecular weight is 389 g/mol. The molecule has 0 amide bonds. The van der Waals surface area contributed by atoms with Crippen molar-refractivity contribution in [3.63, 3.8) is 0 Å². The van der Waals surface area contributed by atoms with E-state index in [9.17, 15) is 0 Å². The summed E-state index contributed by atoms with van der Waals surface area (Å²) < 4.78 is 2.22. The molecule has 1 aromatic carbocycles. The smallest absolute Gasteiger partial charge is 0.0682 e. The Labute approximate surface area is 129 Å². The van der Waals surface area contributed by atoms with Gasteiger partial charge in [-0.2, -0.15) is 0 Å². The molecule has 96 valence electrons. The number of halogens is 2. The molecule has 2 rings (SSSR count). The molecule has 1 unspecified atom stereocenters. The summed E-state index contributed by atoms with van der Waals surface area (Å²) >= 11 is 9.01. The summed E-state index contributed by atoms with van der Waals surface area (Å²) in [5, 5.41) is 3.41. The van der Waals surface area contributed by atoms with Crippen LogP contribution < -0.4 is 5.32 Å². The number of hydrogen-bond acceptors (Lipinski definition) is 2. The lowest BCUT2D eigenvalue weighted by Crippen LogP contribution is -2.17. The highest BCUT2D eigenvalue weighted by molar-refractivity contribution is 9.11. The Morgan fingerprint density at radius 2 is 1.89 bits per heavy atom. The summed E-state index contributed by atoms with van der Waals surface area (Å²) in [6.45, 7) is 4.33. The van der Waals surface area contributed by atoms with Gasteiger partial charge in [-0.05, 0) is 50.2 Å². The monoisotopic (exact) mass is 387 g/mol. The van der Waals surface area contributed by atoms with Crippen LogP contribution in [0.3, 0.4) is 0 Å². The average Bonchev–Trinajstić information content (AvgIpc) is 2.62. The lowest BCUT2D eigenvalue weighted by Gasteiger charge is -2.18. The van der Waals surface area contributed by atoms with Crippen LogP contribution in [0.4, 0.5) is 0 Å². The van der Waals surface area contributed by atoms with Crippen molar-refractivity contribution >= 4 is 43.2 Å². The first-order valence-corrected chi connectivity index (χ1v) is 8.12. The van der Waals surface area contributed by atoms with Gasteiger partial charge in [0.15, 0.2) is 0 Å². The van der Waals surface area contributed by atoms with Crippen molar-refractivity contribution in [2.24, 2.45) is 0 Å². The number of benzene rings is 1. The summed E-state index contributed by atoms with van der Waals surface area (Å²) in [5.74, 6) is 0. The van der Waals surface area contributed by atoms with Gasteiger partial charge in [0.25, 0.3) is 0 Å². The van der Waals surface area contributed by atoms with Crippen LogP contribution in [-0.2, 0) is 0 Å². The molecule has 1 atom stereocenters. The highest BCUT2D eigenvalue weighted by Crippen LogP contribution is 2.35. The molecule has 1 heterocycles. The topological polar surface area (TPSA) is 12.0 Å². The number of thiophene rings is 1. The predicted octanol–water partition coefficient (Wildman–Crippen LogP) is 5.20. The third-order valence-electron chi connectivity index (χ3n) is 2.90. The minimum absolute atomic E-state index is 0.242. The van der Waals surface area contributed by atoms with Crippen LogP contribution in [0, 0.1) is 13.8 Å². The van der Waals surface area contributed by atoms with Gasteiger partial charge in [-0.25, -0.2) is 0 Å². The van der Waals surface area contributed by atoms with Crippen molar-refractivity contribution in [2.75, 3.05) is 7.05 Å². The molecule has 4 heteroatoms. The standard InChI is InChI=1S/C14H15Br2NS/c1-8-6-9(2)18-14(8)13(17-3)11-5-4-10(15)7-12(11)16/h4-7,13,17H,1-3H3. The van der Waals surface area contributed by atoms with E-state index in [0.717, 1.165) is 8.95 Å². The number of nitrogens with one attached hydrogen (secondary N) is 1. The quantitative estimate of drug-likeness (QED) is 0.761. The van der Waals surface area contributed by atoms with E-state index >= 15 is 0 Å². The van der Waals surface area contributed by atoms with E-state index in [-0.39, 0.29) is 6.04 Å². The van der Waals surface area contributed by atoms with Gasteiger partial charge in [-0.1, -0.05) is 37.9 Å². The lowest BCUT2D eigenvalue weighted by atomic mass is 10.0. The summed E-state index contributed by atoms with van der Waals surface area (Å²) in [6.07, 6.45) is 0. The van der Waals surface area contributed by atoms with E-state index in [0.29, 0.717) is 0 Å². The van der Waals surface area contributed by atoms with E-state index in [1.807, 2.05) is 18.4 Å². The third kappa shape index (κ3) is 2.87. The molecule has 0 aliphatic carbocycles.